The van der Waals surface area contributed by atoms with Crippen LogP contribution in [-0.4, -0.2) is 24.3 Å². The Morgan fingerprint density at radius 3 is 2.68 bits per heavy atom. The fourth-order valence-corrected chi connectivity index (χ4v) is 1.92. The second-order valence-electron chi connectivity index (χ2n) is 4.53. The van der Waals surface area contributed by atoms with Gasteiger partial charge in [0, 0.05) is 5.02 Å². The van der Waals surface area contributed by atoms with Gasteiger partial charge in [-0.3, -0.25) is 4.79 Å². The number of phenolic OH excluding ortho intramolecular Hbond substituents is 1. The van der Waals surface area contributed by atoms with Gasteiger partial charge in [0.15, 0.2) is 11.5 Å². The number of hydrogen-bond donors (Lipinski definition) is 2. The zero-order valence-electron chi connectivity index (χ0n) is 11.9. The molecular formula is C16H15ClN2O3. The number of carbonyl (C=O) groups is 1. The van der Waals surface area contributed by atoms with Crippen molar-refractivity contribution >= 4 is 23.7 Å². The second kappa shape index (κ2) is 7.47. The Labute approximate surface area is 133 Å². The molecule has 6 heteroatoms. The van der Waals surface area contributed by atoms with Crippen LogP contribution in [0.15, 0.2) is 47.6 Å². The number of methoxy groups -OCH3 is 1. The molecule has 0 saturated heterocycles. The van der Waals surface area contributed by atoms with Crippen molar-refractivity contribution in [3.05, 3.63) is 58.6 Å². The van der Waals surface area contributed by atoms with Crippen LogP contribution in [0.1, 0.15) is 11.1 Å². The SMILES string of the molecule is COc1ccc(/C=N\NC(=O)Cc2ccc(Cl)cc2)cc1O. The highest BCUT2D eigenvalue weighted by Crippen LogP contribution is 2.25. The molecule has 2 aromatic carbocycles. The average Bonchev–Trinajstić information content (AvgIpc) is 2.50. The number of ether oxygens (including phenoxy) is 1. The smallest absolute Gasteiger partial charge is 0.244 e. The van der Waals surface area contributed by atoms with E-state index >= 15 is 0 Å². The van der Waals surface area contributed by atoms with Crippen molar-refractivity contribution in [2.24, 2.45) is 5.10 Å². The molecule has 0 aliphatic carbocycles. The number of benzene rings is 2. The van der Waals surface area contributed by atoms with Crippen molar-refractivity contribution < 1.29 is 14.6 Å². The van der Waals surface area contributed by atoms with E-state index in [1.165, 1.54) is 19.4 Å². The Balaban J connectivity index is 1.90. The van der Waals surface area contributed by atoms with Crippen molar-refractivity contribution in [2.45, 2.75) is 6.42 Å². The highest BCUT2D eigenvalue weighted by molar-refractivity contribution is 6.30. The normalized spacial score (nSPS) is 10.6. The summed E-state index contributed by atoms with van der Waals surface area (Å²) in [6.45, 7) is 0. The van der Waals surface area contributed by atoms with Crippen LogP contribution in [0, 0.1) is 0 Å². The standard InChI is InChI=1S/C16H15ClN2O3/c1-22-15-7-4-12(8-14(15)20)10-18-19-16(21)9-11-2-5-13(17)6-3-11/h2-8,10,20H,9H2,1H3,(H,19,21)/b18-10-. The lowest BCUT2D eigenvalue weighted by Crippen LogP contribution is -2.19. The summed E-state index contributed by atoms with van der Waals surface area (Å²) in [5.41, 5.74) is 3.92. The summed E-state index contributed by atoms with van der Waals surface area (Å²) in [6, 6.07) is 11.9. The third kappa shape index (κ3) is 4.49. The summed E-state index contributed by atoms with van der Waals surface area (Å²) in [6.07, 6.45) is 1.65. The number of nitrogens with zero attached hydrogens (tertiary/aromatic N) is 1. The zero-order valence-corrected chi connectivity index (χ0v) is 12.7. The van der Waals surface area contributed by atoms with Gasteiger partial charge in [0.2, 0.25) is 5.91 Å². The Kier molecular flexibility index (Phi) is 5.38. The number of aromatic hydroxyl groups is 1. The van der Waals surface area contributed by atoms with Gasteiger partial charge in [0.1, 0.15) is 0 Å². The molecule has 0 aromatic heterocycles. The van der Waals surface area contributed by atoms with Gasteiger partial charge in [0.25, 0.3) is 0 Å². The molecule has 0 heterocycles. The molecule has 0 saturated carbocycles. The van der Waals surface area contributed by atoms with Crippen LogP contribution in [0.2, 0.25) is 5.02 Å². The fraction of sp³-hybridized carbons (Fsp3) is 0.125. The van der Waals surface area contributed by atoms with E-state index in [1.54, 1.807) is 36.4 Å². The first-order valence-electron chi connectivity index (χ1n) is 6.52. The lowest BCUT2D eigenvalue weighted by atomic mass is 10.1. The molecule has 0 radical (unpaired) electrons. The summed E-state index contributed by atoms with van der Waals surface area (Å²) in [5.74, 6) is 0.152. The number of hydrogen-bond acceptors (Lipinski definition) is 4. The van der Waals surface area contributed by atoms with Crippen LogP contribution >= 0.6 is 11.6 Å². The number of phenols is 1. The molecule has 0 atom stereocenters. The van der Waals surface area contributed by atoms with Crippen molar-refractivity contribution in [1.82, 2.24) is 5.43 Å². The molecule has 1 amide bonds. The molecular weight excluding hydrogens is 304 g/mol. The fourth-order valence-electron chi connectivity index (χ4n) is 1.79. The molecule has 22 heavy (non-hydrogen) atoms. The summed E-state index contributed by atoms with van der Waals surface area (Å²) in [5, 5.41) is 14.1. The van der Waals surface area contributed by atoms with E-state index in [2.05, 4.69) is 10.5 Å². The van der Waals surface area contributed by atoms with Gasteiger partial charge in [0.05, 0.1) is 19.7 Å². The maximum atomic E-state index is 11.7. The maximum absolute atomic E-state index is 11.7. The Bertz CT molecular complexity index is 684. The minimum Gasteiger partial charge on any atom is -0.504 e. The van der Waals surface area contributed by atoms with Crippen LogP contribution in [0.3, 0.4) is 0 Å². The topological polar surface area (TPSA) is 70.9 Å². The Morgan fingerprint density at radius 2 is 2.05 bits per heavy atom. The van der Waals surface area contributed by atoms with Gasteiger partial charge in [-0.05, 0) is 41.5 Å². The first kappa shape index (κ1) is 15.9. The van der Waals surface area contributed by atoms with Crippen LogP contribution < -0.4 is 10.2 Å². The van der Waals surface area contributed by atoms with Gasteiger partial charge in [-0.1, -0.05) is 23.7 Å². The van der Waals surface area contributed by atoms with Crippen LogP contribution in [-0.2, 0) is 11.2 Å². The van der Waals surface area contributed by atoms with E-state index in [-0.39, 0.29) is 18.1 Å². The van der Waals surface area contributed by atoms with Gasteiger partial charge < -0.3 is 9.84 Å². The predicted octanol–water partition coefficient (Wildman–Crippen LogP) is 2.75. The van der Waals surface area contributed by atoms with Gasteiger partial charge in [-0.25, -0.2) is 5.43 Å². The highest BCUT2D eigenvalue weighted by Gasteiger charge is 2.03. The maximum Gasteiger partial charge on any atom is 0.244 e. The first-order valence-corrected chi connectivity index (χ1v) is 6.89. The number of amides is 1. The number of rotatable bonds is 5. The number of hydrazone groups is 1. The van der Waals surface area contributed by atoms with E-state index in [0.29, 0.717) is 16.3 Å². The predicted molar refractivity (Wildman–Crippen MR) is 85.6 cm³/mol. The van der Waals surface area contributed by atoms with Crippen molar-refractivity contribution in [3.63, 3.8) is 0 Å². The largest absolute Gasteiger partial charge is 0.504 e. The van der Waals surface area contributed by atoms with Gasteiger partial charge >= 0.3 is 0 Å². The van der Waals surface area contributed by atoms with Crippen molar-refractivity contribution in [2.75, 3.05) is 7.11 Å². The number of nitrogens with one attached hydrogen (secondary N) is 1. The van der Waals surface area contributed by atoms with E-state index in [4.69, 9.17) is 16.3 Å². The highest BCUT2D eigenvalue weighted by atomic mass is 35.5. The molecule has 2 N–H and O–H groups in total. The Hall–Kier alpha value is -2.53. The summed E-state index contributed by atoms with van der Waals surface area (Å²) in [7, 11) is 1.47. The minimum atomic E-state index is -0.240. The minimum absolute atomic E-state index is 0.0129. The second-order valence-corrected chi connectivity index (χ2v) is 4.96. The van der Waals surface area contributed by atoms with Crippen molar-refractivity contribution in [3.8, 4) is 11.5 Å². The van der Waals surface area contributed by atoms with E-state index in [9.17, 15) is 9.90 Å². The summed E-state index contributed by atoms with van der Waals surface area (Å²) < 4.78 is 4.94. The third-order valence-electron chi connectivity index (χ3n) is 2.88. The third-order valence-corrected chi connectivity index (χ3v) is 3.14. The average molecular weight is 319 g/mol. The lowest BCUT2D eigenvalue weighted by molar-refractivity contribution is -0.120. The van der Waals surface area contributed by atoms with Crippen molar-refractivity contribution in [1.29, 1.82) is 0 Å². The van der Waals surface area contributed by atoms with Crippen LogP contribution in [0.4, 0.5) is 0 Å². The molecule has 5 nitrogen and oxygen atoms in total. The van der Waals surface area contributed by atoms with E-state index < -0.39 is 0 Å². The molecule has 2 rings (SSSR count). The van der Waals surface area contributed by atoms with Gasteiger partial charge in [-0.2, -0.15) is 5.10 Å². The molecule has 0 bridgehead atoms. The lowest BCUT2D eigenvalue weighted by Gasteiger charge is -2.03. The molecule has 0 aliphatic heterocycles. The summed E-state index contributed by atoms with van der Waals surface area (Å²) in [4.78, 5) is 11.7. The molecule has 2 aromatic rings. The van der Waals surface area contributed by atoms with Crippen LogP contribution in [0.25, 0.3) is 0 Å². The molecule has 0 aliphatic rings. The van der Waals surface area contributed by atoms with E-state index in [0.717, 1.165) is 5.56 Å². The molecule has 0 fully saturated rings. The first-order chi connectivity index (χ1) is 10.6. The zero-order chi connectivity index (χ0) is 15.9. The van der Waals surface area contributed by atoms with E-state index in [1.807, 2.05) is 0 Å². The van der Waals surface area contributed by atoms with Crippen LogP contribution in [0.5, 0.6) is 11.5 Å². The molecule has 114 valence electrons. The Morgan fingerprint density at radius 1 is 1.32 bits per heavy atom. The molecule has 0 unspecified atom stereocenters. The number of halogens is 1. The van der Waals surface area contributed by atoms with Gasteiger partial charge in [-0.15, -0.1) is 0 Å². The molecule has 0 spiro atoms. The number of carbonyl (C=O) groups excluding carboxylic acids is 1. The monoisotopic (exact) mass is 318 g/mol. The quantitative estimate of drug-likeness (QED) is 0.658. The summed E-state index contributed by atoms with van der Waals surface area (Å²) >= 11 is 5.78.